The molecule has 108 valence electrons. The van der Waals surface area contributed by atoms with E-state index in [1.807, 2.05) is 0 Å². The Morgan fingerprint density at radius 1 is 1.30 bits per heavy atom. The van der Waals surface area contributed by atoms with Crippen LogP contribution in [0.5, 0.6) is 0 Å². The van der Waals surface area contributed by atoms with E-state index >= 15 is 0 Å². The Labute approximate surface area is 116 Å². The van der Waals surface area contributed by atoms with E-state index in [-0.39, 0.29) is 9.90 Å². The summed E-state index contributed by atoms with van der Waals surface area (Å²) in [4.78, 5) is 3.16. The highest BCUT2D eigenvalue weighted by Crippen LogP contribution is 2.28. The molecule has 10 heteroatoms. The highest BCUT2D eigenvalue weighted by Gasteiger charge is 2.32. The number of sulfonamides is 1. The Bertz CT molecular complexity index is 708. The molecule has 0 amide bonds. The van der Waals surface area contributed by atoms with Crippen LogP contribution in [-0.2, 0) is 16.2 Å². The van der Waals surface area contributed by atoms with Crippen LogP contribution in [0.4, 0.5) is 24.5 Å². The standard InChI is InChI=1S/C10H8F3N3O2S2/c11-10(12,13)8-2-1-7(4-15-8)16-20(17,18)9-3-6(14)5-19-9/h1-5,16H,14H2. The maximum Gasteiger partial charge on any atom is 0.433 e. The van der Waals surface area contributed by atoms with Crippen molar-refractivity contribution in [3.05, 3.63) is 35.5 Å². The molecule has 2 aromatic heterocycles. The second-order valence-electron chi connectivity index (χ2n) is 3.73. The molecule has 2 rings (SSSR count). The van der Waals surface area contributed by atoms with E-state index in [1.165, 1.54) is 11.4 Å². The molecule has 0 saturated heterocycles. The van der Waals surface area contributed by atoms with Crippen LogP contribution < -0.4 is 10.5 Å². The molecule has 20 heavy (non-hydrogen) atoms. The molecule has 0 fully saturated rings. The number of thiophene rings is 1. The first-order valence-corrected chi connectivity index (χ1v) is 7.45. The van der Waals surface area contributed by atoms with Gasteiger partial charge in [-0.3, -0.25) is 4.72 Å². The number of hydrogen-bond acceptors (Lipinski definition) is 5. The van der Waals surface area contributed by atoms with Crippen LogP contribution in [0.15, 0.2) is 34.0 Å². The summed E-state index contributed by atoms with van der Waals surface area (Å²) in [7, 11) is -3.87. The Balaban J connectivity index is 2.22. The molecule has 3 N–H and O–H groups in total. The second kappa shape index (κ2) is 4.94. The number of nitrogen functional groups attached to an aromatic ring is 1. The van der Waals surface area contributed by atoms with Gasteiger partial charge in [0.2, 0.25) is 0 Å². The van der Waals surface area contributed by atoms with Gasteiger partial charge < -0.3 is 5.73 Å². The van der Waals surface area contributed by atoms with Crippen molar-refractivity contribution in [2.45, 2.75) is 10.4 Å². The van der Waals surface area contributed by atoms with Crippen molar-refractivity contribution >= 4 is 32.7 Å². The van der Waals surface area contributed by atoms with Gasteiger partial charge in [0.15, 0.2) is 0 Å². The van der Waals surface area contributed by atoms with Gasteiger partial charge in [-0.25, -0.2) is 13.4 Å². The van der Waals surface area contributed by atoms with Crippen molar-refractivity contribution in [1.82, 2.24) is 4.98 Å². The van der Waals surface area contributed by atoms with Crippen molar-refractivity contribution < 1.29 is 21.6 Å². The van der Waals surface area contributed by atoms with Gasteiger partial charge >= 0.3 is 6.18 Å². The van der Waals surface area contributed by atoms with E-state index < -0.39 is 21.9 Å². The summed E-state index contributed by atoms with van der Waals surface area (Å²) in [6.45, 7) is 0. The zero-order valence-electron chi connectivity index (χ0n) is 9.68. The molecule has 0 unspecified atom stereocenters. The molecule has 0 aliphatic rings. The van der Waals surface area contributed by atoms with E-state index in [1.54, 1.807) is 0 Å². The van der Waals surface area contributed by atoms with Crippen molar-refractivity contribution in [1.29, 1.82) is 0 Å². The van der Waals surface area contributed by atoms with Gasteiger partial charge in [0.1, 0.15) is 9.90 Å². The lowest BCUT2D eigenvalue weighted by atomic mass is 10.3. The molecule has 0 radical (unpaired) electrons. The molecule has 0 atom stereocenters. The minimum Gasteiger partial charge on any atom is -0.398 e. The van der Waals surface area contributed by atoms with Gasteiger partial charge in [-0.15, -0.1) is 11.3 Å². The fourth-order valence-electron chi connectivity index (χ4n) is 1.30. The molecular weight excluding hydrogens is 315 g/mol. The number of nitrogens with one attached hydrogen (secondary N) is 1. The predicted molar refractivity (Wildman–Crippen MR) is 68.8 cm³/mol. The molecule has 2 aromatic rings. The maximum absolute atomic E-state index is 12.3. The number of anilines is 2. The number of pyridine rings is 1. The Morgan fingerprint density at radius 2 is 2.00 bits per heavy atom. The highest BCUT2D eigenvalue weighted by molar-refractivity contribution is 7.94. The smallest absolute Gasteiger partial charge is 0.398 e. The number of rotatable bonds is 3. The van der Waals surface area contributed by atoms with Gasteiger partial charge in [-0.1, -0.05) is 0 Å². The predicted octanol–water partition coefficient (Wildman–Crippen LogP) is 2.54. The van der Waals surface area contributed by atoms with Crippen LogP contribution in [0.2, 0.25) is 0 Å². The first-order valence-electron chi connectivity index (χ1n) is 5.08. The van der Waals surface area contributed by atoms with Gasteiger partial charge in [0, 0.05) is 11.1 Å². The number of halogens is 3. The number of alkyl halides is 3. The van der Waals surface area contributed by atoms with Crippen LogP contribution in [0, 0.1) is 0 Å². The van der Waals surface area contributed by atoms with Crippen LogP contribution in [0.3, 0.4) is 0 Å². The summed E-state index contributed by atoms with van der Waals surface area (Å²) in [6, 6.07) is 2.94. The van der Waals surface area contributed by atoms with Crippen LogP contribution in [0.1, 0.15) is 5.69 Å². The van der Waals surface area contributed by atoms with Gasteiger partial charge in [-0.05, 0) is 18.2 Å². The van der Waals surface area contributed by atoms with Crippen LogP contribution in [0.25, 0.3) is 0 Å². The zero-order chi connectivity index (χ0) is 15.0. The third-order valence-electron chi connectivity index (χ3n) is 2.17. The lowest BCUT2D eigenvalue weighted by Crippen LogP contribution is -2.13. The number of hydrogen-bond donors (Lipinski definition) is 2. The SMILES string of the molecule is Nc1csc(S(=O)(=O)Nc2ccc(C(F)(F)F)nc2)c1. The summed E-state index contributed by atoms with van der Waals surface area (Å²) in [5.41, 5.74) is 4.55. The molecule has 2 heterocycles. The Kier molecular flexibility index (Phi) is 3.61. The zero-order valence-corrected chi connectivity index (χ0v) is 11.3. The summed E-state index contributed by atoms with van der Waals surface area (Å²) >= 11 is 0.907. The van der Waals surface area contributed by atoms with E-state index in [2.05, 4.69) is 9.71 Å². The minimum absolute atomic E-state index is 0.0325. The lowest BCUT2D eigenvalue weighted by molar-refractivity contribution is -0.141. The lowest BCUT2D eigenvalue weighted by Gasteiger charge is -2.08. The fraction of sp³-hybridized carbons (Fsp3) is 0.100. The molecule has 0 aliphatic carbocycles. The minimum atomic E-state index is -4.57. The molecule has 0 bridgehead atoms. The van der Waals surface area contributed by atoms with Gasteiger partial charge in [0.05, 0.1) is 11.9 Å². The molecular formula is C10H8F3N3O2S2. The van der Waals surface area contributed by atoms with Crippen molar-refractivity contribution in [3.63, 3.8) is 0 Å². The van der Waals surface area contributed by atoms with Crippen molar-refractivity contribution in [2.75, 3.05) is 10.5 Å². The Hall–Kier alpha value is -1.81. The molecule has 5 nitrogen and oxygen atoms in total. The molecule has 0 spiro atoms. The fourth-order valence-corrected chi connectivity index (χ4v) is 3.42. The van der Waals surface area contributed by atoms with E-state index in [0.29, 0.717) is 11.8 Å². The summed E-state index contributed by atoms with van der Waals surface area (Å²) in [6.07, 6.45) is -3.77. The molecule has 0 saturated carbocycles. The van der Waals surface area contributed by atoms with Crippen LogP contribution >= 0.6 is 11.3 Å². The normalized spacial score (nSPS) is 12.3. The summed E-state index contributed by atoms with van der Waals surface area (Å²) < 4.78 is 62.8. The quantitative estimate of drug-likeness (QED) is 0.909. The average molecular weight is 323 g/mol. The largest absolute Gasteiger partial charge is 0.433 e. The number of nitrogens with two attached hydrogens (primary N) is 1. The summed E-state index contributed by atoms with van der Waals surface area (Å²) in [5, 5.41) is 1.44. The molecule has 0 aromatic carbocycles. The number of nitrogens with zero attached hydrogens (tertiary/aromatic N) is 1. The van der Waals surface area contributed by atoms with Crippen molar-refractivity contribution in [3.8, 4) is 0 Å². The summed E-state index contributed by atoms with van der Waals surface area (Å²) in [5.74, 6) is 0. The Morgan fingerprint density at radius 3 is 2.45 bits per heavy atom. The third kappa shape index (κ3) is 3.20. The monoisotopic (exact) mass is 323 g/mol. The van der Waals surface area contributed by atoms with Crippen molar-refractivity contribution in [2.24, 2.45) is 0 Å². The first-order chi connectivity index (χ1) is 9.18. The second-order valence-corrected chi connectivity index (χ2v) is 6.55. The molecule has 0 aliphatic heterocycles. The van der Waals surface area contributed by atoms with E-state index in [4.69, 9.17) is 5.73 Å². The number of aromatic nitrogens is 1. The van der Waals surface area contributed by atoms with E-state index in [0.717, 1.165) is 23.6 Å². The topological polar surface area (TPSA) is 85.1 Å². The van der Waals surface area contributed by atoms with Gasteiger partial charge in [-0.2, -0.15) is 13.2 Å². The maximum atomic E-state index is 12.3. The van der Waals surface area contributed by atoms with E-state index in [9.17, 15) is 21.6 Å². The van der Waals surface area contributed by atoms with Crippen LogP contribution in [-0.4, -0.2) is 13.4 Å². The highest BCUT2D eigenvalue weighted by atomic mass is 32.2. The average Bonchev–Trinajstić information content (AvgIpc) is 2.76. The third-order valence-corrected chi connectivity index (χ3v) is 5.01. The van der Waals surface area contributed by atoms with Gasteiger partial charge in [0.25, 0.3) is 10.0 Å². The first kappa shape index (κ1) is 14.6.